The Balaban J connectivity index is 2.29. The van der Waals surface area contributed by atoms with Crippen LogP contribution in [-0.2, 0) is 7.05 Å². The lowest BCUT2D eigenvalue weighted by atomic mass is 10.7. The zero-order chi connectivity index (χ0) is 13.1. The zero-order valence-electron chi connectivity index (χ0n) is 10.7. The fourth-order valence-electron chi connectivity index (χ4n) is 1.26. The molecule has 2 aromatic heterocycles. The predicted octanol–water partition coefficient (Wildman–Crippen LogP) is 0.864. The summed E-state index contributed by atoms with van der Waals surface area (Å²) in [5.74, 6) is 1.18. The van der Waals surface area contributed by atoms with E-state index in [1.807, 2.05) is 32.2 Å². The number of hydrogen-bond donors (Lipinski definition) is 1. The molecule has 2 rings (SSSR count). The molecule has 0 bridgehead atoms. The van der Waals surface area contributed by atoms with Gasteiger partial charge in [-0.3, -0.25) is 4.68 Å². The van der Waals surface area contributed by atoms with E-state index in [1.165, 1.54) is 11.8 Å². The highest BCUT2D eigenvalue weighted by molar-refractivity contribution is 7.99. The van der Waals surface area contributed by atoms with Gasteiger partial charge >= 0.3 is 0 Å². The first kappa shape index (κ1) is 12.6. The second-order valence-electron chi connectivity index (χ2n) is 3.84. The van der Waals surface area contributed by atoms with E-state index in [0.29, 0.717) is 17.1 Å². The van der Waals surface area contributed by atoms with Gasteiger partial charge < -0.3 is 10.2 Å². The summed E-state index contributed by atoms with van der Waals surface area (Å²) in [5, 5.41) is 7.69. The summed E-state index contributed by atoms with van der Waals surface area (Å²) in [6, 6.07) is 0. The summed E-state index contributed by atoms with van der Waals surface area (Å²) in [6.45, 7) is 0. The van der Waals surface area contributed by atoms with Gasteiger partial charge in [0.1, 0.15) is 0 Å². The first-order valence-electron chi connectivity index (χ1n) is 5.36. The molecule has 0 radical (unpaired) electrons. The van der Waals surface area contributed by atoms with Crippen molar-refractivity contribution in [3.05, 3.63) is 12.4 Å². The Morgan fingerprint density at radius 1 is 1.28 bits per heavy atom. The van der Waals surface area contributed by atoms with E-state index < -0.39 is 0 Å². The molecule has 0 amide bonds. The summed E-state index contributed by atoms with van der Waals surface area (Å²) < 4.78 is 1.75. The highest BCUT2D eigenvalue weighted by Gasteiger charge is 2.09. The molecule has 96 valence electrons. The van der Waals surface area contributed by atoms with Gasteiger partial charge in [-0.2, -0.15) is 20.1 Å². The van der Waals surface area contributed by atoms with Crippen LogP contribution >= 0.6 is 11.8 Å². The van der Waals surface area contributed by atoms with Crippen LogP contribution in [-0.4, -0.2) is 45.9 Å². The normalized spacial score (nSPS) is 10.4. The summed E-state index contributed by atoms with van der Waals surface area (Å²) in [5.41, 5.74) is 0. The first-order chi connectivity index (χ1) is 8.58. The lowest BCUT2D eigenvalue weighted by Gasteiger charge is -2.11. The fraction of sp³-hybridized carbons (Fsp3) is 0.400. The topological polar surface area (TPSA) is 71.8 Å². The minimum absolute atomic E-state index is 0.556. The standard InChI is InChI=1S/C10H15N7S/c1-11-8-13-9(16(2)3)15-10(14-8)18-7-5-12-17(4)6-7/h5-6H,1-4H3,(H,11,13,14,15). The summed E-state index contributed by atoms with van der Waals surface area (Å²) in [4.78, 5) is 15.8. The second kappa shape index (κ2) is 5.21. The van der Waals surface area contributed by atoms with Gasteiger partial charge in [0.15, 0.2) is 5.16 Å². The molecule has 7 nitrogen and oxygen atoms in total. The number of nitrogens with zero attached hydrogens (tertiary/aromatic N) is 6. The van der Waals surface area contributed by atoms with Gasteiger partial charge in [-0.1, -0.05) is 0 Å². The Labute approximate surface area is 110 Å². The first-order valence-corrected chi connectivity index (χ1v) is 6.18. The smallest absolute Gasteiger partial charge is 0.230 e. The molecule has 0 fully saturated rings. The van der Waals surface area contributed by atoms with E-state index in [-0.39, 0.29) is 0 Å². The van der Waals surface area contributed by atoms with Crippen LogP contribution in [0, 0.1) is 0 Å². The molecular formula is C10H15N7S. The lowest BCUT2D eigenvalue weighted by molar-refractivity contribution is 0.766. The molecule has 0 saturated carbocycles. The van der Waals surface area contributed by atoms with E-state index in [0.717, 1.165) is 4.90 Å². The SMILES string of the molecule is CNc1nc(Sc2cnn(C)c2)nc(N(C)C)n1. The van der Waals surface area contributed by atoms with Crippen molar-refractivity contribution in [2.45, 2.75) is 10.1 Å². The van der Waals surface area contributed by atoms with Gasteiger partial charge in [0.05, 0.1) is 11.1 Å². The molecule has 0 aliphatic heterocycles. The average Bonchev–Trinajstić information content (AvgIpc) is 2.74. The maximum absolute atomic E-state index is 4.38. The number of hydrogen-bond acceptors (Lipinski definition) is 7. The van der Waals surface area contributed by atoms with Crippen molar-refractivity contribution < 1.29 is 0 Å². The molecule has 2 aromatic rings. The van der Waals surface area contributed by atoms with Crippen molar-refractivity contribution in [1.29, 1.82) is 0 Å². The maximum Gasteiger partial charge on any atom is 0.230 e. The molecule has 0 unspecified atom stereocenters. The van der Waals surface area contributed by atoms with Crippen LogP contribution < -0.4 is 10.2 Å². The Morgan fingerprint density at radius 3 is 2.61 bits per heavy atom. The molecule has 18 heavy (non-hydrogen) atoms. The number of anilines is 2. The minimum atomic E-state index is 0.556. The van der Waals surface area contributed by atoms with Crippen LogP contribution in [0.5, 0.6) is 0 Å². The van der Waals surface area contributed by atoms with Gasteiger partial charge in [-0.25, -0.2) is 0 Å². The van der Waals surface area contributed by atoms with E-state index in [9.17, 15) is 0 Å². The largest absolute Gasteiger partial charge is 0.357 e. The number of rotatable bonds is 4. The van der Waals surface area contributed by atoms with Gasteiger partial charge in [-0.15, -0.1) is 0 Å². The van der Waals surface area contributed by atoms with E-state index in [2.05, 4.69) is 25.4 Å². The third-order valence-corrected chi connectivity index (χ3v) is 2.93. The van der Waals surface area contributed by atoms with Crippen LogP contribution in [0.15, 0.2) is 22.4 Å². The molecule has 0 aliphatic rings. The molecule has 8 heteroatoms. The molecule has 0 aliphatic carbocycles. The second-order valence-corrected chi connectivity index (χ2v) is 4.88. The van der Waals surface area contributed by atoms with Gasteiger partial charge in [0, 0.05) is 34.4 Å². The number of aryl methyl sites for hydroxylation is 1. The fourth-order valence-corrected chi connectivity index (χ4v) is 2.04. The van der Waals surface area contributed by atoms with Crippen molar-refractivity contribution in [3.63, 3.8) is 0 Å². The van der Waals surface area contributed by atoms with Crippen molar-refractivity contribution in [3.8, 4) is 0 Å². The van der Waals surface area contributed by atoms with E-state index in [1.54, 1.807) is 17.9 Å². The minimum Gasteiger partial charge on any atom is -0.357 e. The van der Waals surface area contributed by atoms with Crippen LogP contribution in [0.1, 0.15) is 0 Å². The molecule has 0 saturated heterocycles. The Morgan fingerprint density at radius 2 is 2.06 bits per heavy atom. The van der Waals surface area contributed by atoms with E-state index >= 15 is 0 Å². The van der Waals surface area contributed by atoms with Crippen LogP contribution in [0.3, 0.4) is 0 Å². The number of nitrogens with one attached hydrogen (secondary N) is 1. The van der Waals surface area contributed by atoms with Crippen molar-refractivity contribution in [2.24, 2.45) is 7.05 Å². The Bertz CT molecular complexity index is 537. The monoisotopic (exact) mass is 265 g/mol. The van der Waals surface area contributed by atoms with Crippen molar-refractivity contribution in [1.82, 2.24) is 24.7 Å². The molecule has 0 spiro atoms. The Hall–Kier alpha value is -1.83. The van der Waals surface area contributed by atoms with Crippen LogP contribution in [0.2, 0.25) is 0 Å². The van der Waals surface area contributed by atoms with Gasteiger partial charge in [0.25, 0.3) is 0 Å². The molecular weight excluding hydrogens is 250 g/mol. The predicted molar refractivity (Wildman–Crippen MR) is 71.0 cm³/mol. The average molecular weight is 265 g/mol. The third kappa shape index (κ3) is 2.89. The van der Waals surface area contributed by atoms with Crippen molar-refractivity contribution >= 4 is 23.7 Å². The van der Waals surface area contributed by atoms with Crippen LogP contribution in [0.25, 0.3) is 0 Å². The summed E-state index contributed by atoms with van der Waals surface area (Å²) >= 11 is 1.46. The zero-order valence-corrected chi connectivity index (χ0v) is 11.6. The van der Waals surface area contributed by atoms with Gasteiger partial charge in [0.2, 0.25) is 11.9 Å². The van der Waals surface area contributed by atoms with Gasteiger partial charge in [-0.05, 0) is 11.8 Å². The third-order valence-electron chi connectivity index (χ3n) is 2.12. The van der Waals surface area contributed by atoms with E-state index in [4.69, 9.17) is 0 Å². The van der Waals surface area contributed by atoms with Crippen LogP contribution in [0.4, 0.5) is 11.9 Å². The molecule has 2 heterocycles. The molecule has 0 aromatic carbocycles. The molecule has 1 N–H and O–H groups in total. The highest BCUT2D eigenvalue weighted by Crippen LogP contribution is 2.25. The number of aromatic nitrogens is 5. The Kier molecular flexibility index (Phi) is 3.66. The molecule has 0 atom stereocenters. The lowest BCUT2D eigenvalue weighted by Crippen LogP contribution is -2.15. The summed E-state index contributed by atoms with van der Waals surface area (Å²) in [7, 11) is 7.45. The van der Waals surface area contributed by atoms with Crippen molar-refractivity contribution in [2.75, 3.05) is 31.4 Å². The quantitative estimate of drug-likeness (QED) is 0.879. The summed E-state index contributed by atoms with van der Waals surface area (Å²) in [6.07, 6.45) is 3.70. The maximum atomic E-state index is 4.38. The highest BCUT2D eigenvalue weighted by atomic mass is 32.2.